The highest BCUT2D eigenvalue weighted by molar-refractivity contribution is 9.09. The standard InChI is InChI=1S/C16H25Br/c1-6-12-8-9-13(7-2)14(10-12)15(17)11-16(3,4)5/h8-10,15H,6-7,11H2,1-5H3. The van der Waals surface area contributed by atoms with Gasteiger partial charge in [-0.2, -0.15) is 0 Å². The molecule has 1 aromatic carbocycles. The van der Waals surface area contributed by atoms with E-state index < -0.39 is 0 Å². The van der Waals surface area contributed by atoms with Crippen molar-refractivity contribution in [3.63, 3.8) is 0 Å². The van der Waals surface area contributed by atoms with Gasteiger partial charge in [0.05, 0.1) is 0 Å². The minimum atomic E-state index is 0.362. The van der Waals surface area contributed by atoms with Crippen molar-refractivity contribution < 1.29 is 0 Å². The van der Waals surface area contributed by atoms with Crippen LogP contribution in [0.4, 0.5) is 0 Å². The fourth-order valence-electron chi connectivity index (χ4n) is 2.13. The molecule has 0 aliphatic carbocycles. The van der Waals surface area contributed by atoms with Gasteiger partial charge in [0, 0.05) is 4.83 Å². The first-order valence-electron chi connectivity index (χ1n) is 6.63. The minimum absolute atomic E-state index is 0.362. The largest absolute Gasteiger partial charge is 0.0838 e. The lowest BCUT2D eigenvalue weighted by atomic mass is 9.86. The van der Waals surface area contributed by atoms with Crippen molar-refractivity contribution in [3.8, 4) is 0 Å². The fraction of sp³-hybridized carbons (Fsp3) is 0.625. The van der Waals surface area contributed by atoms with Crippen LogP contribution in [0.1, 0.15) is 62.6 Å². The van der Waals surface area contributed by atoms with Gasteiger partial charge >= 0.3 is 0 Å². The van der Waals surface area contributed by atoms with Crippen molar-refractivity contribution in [3.05, 3.63) is 34.9 Å². The summed E-state index contributed by atoms with van der Waals surface area (Å²) in [5.41, 5.74) is 4.77. The molecule has 0 N–H and O–H groups in total. The molecule has 1 rings (SSSR count). The molecule has 1 unspecified atom stereocenters. The quantitative estimate of drug-likeness (QED) is 0.627. The third-order valence-electron chi connectivity index (χ3n) is 3.13. The van der Waals surface area contributed by atoms with Crippen LogP contribution in [0.15, 0.2) is 18.2 Å². The van der Waals surface area contributed by atoms with Gasteiger partial charge in [-0.15, -0.1) is 0 Å². The van der Waals surface area contributed by atoms with Gasteiger partial charge in [0.25, 0.3) is 0 Å². The summed E-state index contributed by atoms with van der Waals surface area (Å²) in [7, 11) is 0. The molecule has 0 heterocycles. The van der Waals surface area contributed by atoms with Crippen molar-refractivity contribution in [2.45, 2.75) is 58.7 Å². The van der Waals surface area contributed by atoms with Crippen molar-refractivity contribution in [1.82, 2.24) is 0 Å². The van der Waals surface area contributed by atoms with Gasteiger partial charge in [-0.05, 0) is 41.4 Å². The average Bonchev–Trinajstić information content (AvgIpc) is 2.25. The zero-order valence-electron chi connectivity index (χ0n) is 11.8. The van der Waals surface area contributed by atoms with Gasteiger partial charge in [0.2, 0.25) is 0 Å². The van der Waals surface area contributed by atoms with E-state index in [1.54, 1.807) is 0 Å². The maximum atomic E-state index is 3.88. The smallest absolute Gasteiger partial charge is 0.0403 e. The van der Waals surface area contributed by atoms with Crippen LogP contribution in [-0.2, 0) is 12.8 Å². The minimum Gasteiger partial charge on any atom is -0.0838 e. The SMILES string of the molecule is CCc1ccc(CC)c(C(Br)CC(C)(C)C)c1. The molecule has 0 saturated heterocycles. The van der Waals surface area contributed by atoms with Crippen LogP contribution in [0.2, 0.25) is 0 Å². The van der Waals surface area contributed by atoms with Crippen LogP contribution in [-0.4, -0.2) is 0 Å². The van der Waals surface area contributed by atoms with Crippen molar-refractivity contribution >= 4 is 15.9 Å². The second kappa shape index (κ2) is 6.04. The second-order valence-electron chi connectivity index (χ2n) is 5.97. The van der Waals surface area contributed by atoms with E-state index in [2.05, 4.69) is 68.7 Å². The predicted molar refractivity (Wildman–Crippen MR) is 80.9 cm³/mol. The average molecular weight is 297 g/mol. The molecule has 0 bridgehead atoms. The summed E-state index contributed by atoms with van der Waals surface area (Å²) in [5, 5.41) is 0. The number of hydrogen-bond donors (Lipinski definition) is 0. The zero-order valence-corrected chi connectivity index (χ0v) is 13.4. The van der Waals surface area contributed by atoms with Crippen LogP contribution in [0.5, 0.6) is 0 Å². The maximum Gasteiger partial charge on any atom is 0.0403 e. The number of aryl methyl sites for hydroxylation is 2. The maximum absolute atomic E-state index is 3.88. The van der Waals surface area contributed by atoms with E-state index in [0.29, 0.717) is 10.2 Å². The molecule has 0 nitrogen and oxygen atoms in total. The molecular weight excluding hydrogens is 272 g/mol. The summed E-state index contributed by atoms with van der Waals surface area (Å²) in [4.78, 5) is 0.476. The zero-order chi connectivity index (χ0) is 13.1. The second-order valence-corrected chi connectivity index (χ2v) is 7.08. The molecule has 0 aliphatic rings. The topological polar surface area (TPSA) is 0 Å². The molecule has 0 aliphatic heterocycles. The predicted octanol–water partition coefficient (Wildman–Crippen LogP) is 5.68. The van der Waals surface area contributed by atoms with Gasteiger partial charge in [-0.3, -0.25) is 0 Å². The molecular formula is C16H25Br. The first kappa shape index (κ1) is 14.8. The van der Waals surface area contributed by atoms with E-state index in [1.807, 2.05) is 0 Å². The van der Waals surface area contributed by atoms with Crippen molar-refractivity contribution in [2.75, 3.05) is 0 Å². The molecule has 1 atom stereocenters. The Labute approximate surface area is 115 Å². The lowest BCUT2D eigenvalue weighted by Gasteiger charge is -2.24. The molecule has 0 radical (unpaired) electrons. The lowest BCUT2D eigenvalue weighted by Crippen LogP contribution is -2.10. The fourth-order valence-corrected chi connectivity index (χ4v) is 3.52. The van der Waals surface area contributed by atoms with Crippen LogP contribution < -0.4 is 0 Å². The Morgan fingerprint density at radius 3 is 2.24 bits per heavy atom. The molecule has 96 valence electrons. The highest BCUT2D eigenvalue weighted by Gasteiger charge is 2.19. The Hall–Kier alpha value is -0.300. The molecule has 1 heteroatoms. The van der Waals surface area contributed by atoms with Crippen molar-refractivity contribution in [2.24, 2.45) is 5.41 Å². The summed E-state index contributed by atoms with van der Waals surface area (Å²) >= 11 is 3.88. The normalized spacial score (nSPS) is 13.8. The molecule has 0 fully saturated rings. The highest BCUT2D eigenvalue weighted by Crippen LogP contribution is 2.37. The molecule has 0 aromatic heterocycles. The summed E-state index contributed by atoms with van der Waals surface area (Å²) < 4.78 is 0. The third kappa shape index (κ3) is 4.46. The van der Waals surface area contributed by atoms with Crippen LogP contribution >= 0.6 is 15.9 Å². The van der Waals surface area contributed by atoms with E-state index in [4.69, 9.17) is 0 Å². The highest BCUT2D eigenvalue weighted by atomic mass is 79.9. The summed E-state index contributed by atoms with van der Waals surface area (Å²) in [6.45, 7) is 11.4. The molecule has 0 amide bonds. The van der Waals surface area contributed by atoms with E-state index in [-0.39, 0.29) is 0 Å². The Bertz CT molecular complexity index is 360. The monoisotopic (exact) mass is 296 g/mol. The molecule has 0 saturated carbocycles. The number of hydrogen-bond acceptors (Lipinski definition) is 0. The summed E-state index contributed by atoms with van der Waals surface area (Å²) in [5.74, 6) is 0. The lowest BCUT2D eigenvalue weighted by molar-refractivity contribution is 0.376. The Morgan fingerprint density at radius 2 is 1.76 bits per heavy atom. The van der Waals surface area contributed by atoms with Gasteiger partial charge in [-0.25, -0.2) is 0 Å². The summed E-state index contributed by atoms with van der Waals surface area (Å²) in [6.07, 6.45) is 3.41. The number of benzene rings is 1. The van der Waals surface area contributed by atoms with Crippen molar-refractivity contribution in [1.29, 1.82) is 0 Å². The molecule has 0 spiro atoms. The van der Waals surface area contributed by atoms with Gasteiger partial charge < -0.3 is 0 Å². The Balaban J connectivity index is 3.01. The van der Waals surface area contributed by atoms with E-state index >= 15 is 0 Å². The van der Waals surface area contributed by atoms with E-state index in [1.165, 1.54) is 23.1 Å². The Morgan fingerprint density at radius 1 is 1.12 bits per heavy atom. The van der Waals surface area contributed by atoms with Crippen LogP contribution in [0, 0.1) is 5.41 Å². The van der Waals surface area contributed by atoms with E-state index in [0.717, 1.165) is 12.8 Å². The van der Waals surface area contributed by atoms with Gasteiger partial charge in [-0.1, -0.05) is 68.7 Å². The van der Waals surface area contributed by atoms with E-state index in [9.17, 15) is 0 Å². The Kier molecular flexibility index (Phi) is 5.24. The first-order chi connectivity index (χ1) is 7.87. The number of halogens is 1. The van der Waals surface area contributed by atoms with Crippen LogP contribution in [0.25, 0.3) is 0 Å². The first-order valence-corrected chi connectivity index (χ1v) is 7.54. The third-order valence-corrected chi connectivity index (χ3v) is 3.95. The van der Waals surface area contributed by atoms with Gasteiger partial charge in [0.15, 0.2) is 0 Å². The number of rotatable bonds is 4. The summed E-state index contributed by atoms with van der Waals surface area (Å²) in [6, 6.07) is 6.94. The van der Waals surface area contributed by atoms with Crippen LogP contribution in [0.3, 0.4) is 0 Å². The van der Waals surface area contributed by atoms with Gasteiger partial charge in [0.1, 0.15) is 0 Å². The molecule has 1 aromatic rings. The molecule has 17 heavy (non-hydrogen) atoms. The number of alkyl halides is 1.